The minimum absolute atomic E-state index is 0.0702. The van der Waals surface area contributed by atoms with Gasteiger partial charge in [0, 0.05) is 15.1 Å². The number of thioether (sulfide) groups is 1. The second-order valence-corrected chi connectivity index (χ2v) is 7.59. The van der Waals surface area contributed by atoms with Gasteiger partial charge in [-0.1, -0.05) is 22.9 Å². The predicted molar refractivity (Wildman–Crippen MR) is 89.8 cm³/mol. The summed E-state index contributed by atoms with van der Waals surface area (Å²) in [5.74, 6) is -1.23. The van der Waals surface area contributed by atoms with Gasteiger partial charge in [0.2, 0.25) is 0 Å². The quantitative estimate of drug-likeness (QED) is 0.577. The molecule has 0 radical (unpaired) electrons. The number of hydrogen-bond donors (Lipinski definition) is 0. The van der Waals surface area contributed by atoms with Crippen LogP contribution in [0, 0.1) is 11.8 Å². The van der Waals surface area contributed by atoms with E-state index in [0.29, 0.717) is 13.0 Å². The number of nitrogens with zero attached hydrogens (tertiary/aromatic N) is 1. The molecular weight excluding hydrogens is 366 g/mol. The van der Waals surface area contributed by atoms with E-state index in [0.717, 1.165) is 20.8 Å². The smallest absolute Gasteiger partial charge is 0.316 e. The van der Waals surface area contributed by atoms with Gasteiger partial charge in [-0.2, -0.15) is 0 Å². The lowest BCUT2D eigenvalue weighted by Crippen LogP contribution is -2.47. The van der Waals surface area contributed by atoms with Crippen LogP contribution in [0.3, 0.4) is 0 Å². The fraction of sp³-hybridized carbons (Fsp3) is 0.438. The molecule has 22 heavy (non-hydrogen) atoms. The number of ketones is 1. The minimum atomic E-state index is -0.676. The Morgan fingerprint density at radius 1 is 1.50 bits per heavy atom. The molecule has 0 aromatic heterocycles. The second kappa shape index (κ2) is 6.16. The van der Waals surface area contributed by atoms with Crippen molar-refractivity contribution in [3.63, 3.8) is 0 Å². The molecule has 1 heterocycles. The molecule has 4 nitrogen and oxygen atoms in total. The van der Waals surface area contributed by atoms with Gasteiger partial charge in [0.25, 0.3) is 0 Å². The maximum atomic E-state index is 12.8. The van der Waals surface area contributed by atoms with Crippen LogP contribution in [-0.4, -0.2) is 29.3 Å². The van der Waals surface area contributed by atoms with Gasteiger partial charge in [-0.3, -0.25) is 14.6 Å². The zero-order valence-electron chi connectivity index (χ0n) is 12.3. The molecule has 0 N–H and O–H groups in total. The van der Waals surface area contributed by atoms with Crippen molar-refractivity contribution in [2.75, 3.05) is 6.61 Å². The summed E-state index contributed by atoms with van der Waals surface area (Å²) in [6, 6.07) is 5.85. The first-order chi connectivity index (χ1) is 10.5. The lowest BCUT2D eigenvalue weighted by atomic mass is 9.78. The van der Waals surface area contributed by atoms with Crippen LogP contribution in [0.4, 0.5) is 5.69 Å². The van der Waals surface area contributed by atoms with Crippen molar-refractivity contribution in [3.05, 3.63) is 22.7 Å². The van der Waals surface area contributed by atoms with Gasteiger partial charge in [0.1, 0.15) is 11.2 Å². The molecule has 0 saturated heterocycles. The fourth-order valence-corrected chi connectivity index (χ4v) is 4.67. The van der Waals surface area contributed by atoms with Gasteiger partial charge in [0.15, 0.2) is 5.78 Å². The van der Waals surface area contributed by atoms with Crippen LogP contribution in [0.5, 0.6) is 0 Å². The molecule has 1 aliphatic heterocycles. The van der Waals surface area contributed by atoms with Crippen LogP contribution < -0.4 is 0 Å². The van der Waals surface area contributed by atoms with Crippen LogP contribution in [0.15, 0.2) is 32.6 Å². The van der Waals surface area contributed by atoms with Crippen molar-refractivity contribution < 1.29 is 14.3 Å². The largest absolute Gasteiger partial charge is 0.465 e. The number of benzene rings is 1. The number of esters is 1. The maximum absolute atomic E-state index is 12.8. The predicted octanol–water partition coefficient (Wildman–Crippen LogP) is 3.78. The molecule has 0 amide bonds. The first-order valence-electron chi connectivity index (χ1n) is 7.25. The van der Waals surface area contributed by atoms with Crippen molar-refractivity contribution in [1.82, 2.24) is 0 Å². The van der Waals surface area contributed by atoms with Crippen molar-refractivity contribution in [2.24, 2.45) is 16.8 Å². The summed E-state index contributed by atoms with van der Waals surface area (Å²) >= 11 is 4.92. The molecule has 1 aliphatic carbocycles. The van der Waals surface area contributed by atoms with E-state index >= 15 is 0 Å². The first kappa shape index (κ1) is 15.7. The molecule has 0 spiro atoms. The van der Waals surface area contributed by atoms with Crippen LogP contribution in [0.2, 0.25) is 0 Å². The summed E-state index contributed by atoms with van der Waals surface area (Å²) in [7, 11) is 0. The van der Waals surface area contributed by atoms with Gasteiger partial charge in [-0.05, 0) is 37.5 Å². The topological polar surface area (TPSA) is 55.7 Å². The number of fused-ring (bicyclic) bond motifs is 2. The molecule has 1 fully saturated rings. The van der Waals surface area contributed by atoms with E-state index in [4.69, 9.17) is 4.74 Å². The van der Waals surface area contributed by atoms with Gasteiger partial charge in [-0.15, -0.1) is 11.8 Å². The van der Waals surface area contributed by atoms with E-state index in [2.05, 4.69) is 20.9 Å². The summed E-state index contributed by atoms with van der Waals surface area (Å²) in [6.07, 6.45) is 0.655. The normalized spacial score (nSPS) is 26.8. The Balaban J connectivity index is 1.93. The third kappa shape index (κ3) is 2.74. The van der Waals surface area contributed by atoms with Crippen LogP contribution >= 0.6 is 27.7 Å². The number of ether oxygens (including phenoxy) is 1. The summed E-state index contributed by atoms with van der Waals surface area (Å²) in [6.45, 7) is 3.97. The Kier molecular flexibility index (Phi) is 4.41. The van der Waals surface area contributed by atoms with Crippen LogP contribution in [0.1, 0.15) is 20.3 Å². The highest BCUT2D eigenvalue weighted by molar-refractivity contribution is 9.10. The maximum Gasteiger partial charge on any atom is 0.316 e. The van der Waals surface area contributed by atoms with Crippen LogP contribution in [0.25, 0.3) is 0 Å². The van der Waals surface area contributed by atoms with E-state index in [9.17, 15) is 9.59 Å². The zero-order valence-corrected chi connectivity index (χ0v) is 14.7. The first-order valence-corrected chi connectivity index (χ1v) is 8.92. The Morgan fingerprint density at radius 3 is 3.00 bits per heavy atom. The monoisotopic (exact) mass is 381 g/mol. The zero-order chi connectivity index (χ0) is 15.9. The summed E-state index contributed by atoms with van der Waals surface area (Å²) < 4.78 is 6.03. The lowest BCUT2D eigenvalue weighted by Gasteiger charge is -2.34. The third-order valence-corrected chi connectivity index (χ3v) is 5.75. The van der Waals surface area contributed by atoms with E-state index in [1.807, 2.05) is 25.1 Å². The molecule has 6 heteroatoms. The van der Waals surface area contributed by atoms with E-state index in [-0.39, 0.29) is 17.0 Å². The van der Waals surface area contributed by atoms with Gasteiger partial charge in [-0.25, -0.2) is 0 Å². The number of hydrogen-bond acceptors (Lipinski definition) is 5. The molecule has 2 aliphatic rings. The number of Topliss-reactive ketones (excluding diaryl/α,β-unsaturated/α-hetero) is 1. The van der Waals surface area contributed by atoms with Gasteiger partial charge >= 0.3 is 5.97 Å². The minimum Gasteiger partial charge on any atom is -0.465 e. The van der Waals surface area contributed by atoms with Crippen molar-refractivity contribution >= 4 is 50.8 Å². The fourth-order valence-electron chi connectivity index (χ4n) is 2.93. The number of rotatable bonds is 2. The SMILES string of the molecule is CCOC(=O)C1C(=O)C2Sc3cc(Br)ccc3N=C2CC1C. The number of carbonyl (C=O) groups excluding carboxylic acids is 2. The molecule has 116 valence electrons. The molecule has 0 bridgehead atoms. The van der Waals surface area contributed by atoms with Crippen molar-refractivity contribution in [2.45, 2.75) is 30.4 Å². The molecule has 1 aromatic carbocycles. The average molecular weight is 382 g/mol. The van der Waals surface area contributed by atoms with E-state index in [1.165, 1.54) is 11.8 Å². The molecular formula is C16H16BrNO3S. The number of halogens is 1. The molecule has 3 unspecified atom stereocenters. The number of aliphatic imine (C=N–C) groups is 1. The van der Waals surface area contributed by atoms with Gasteiger partial charge in [0.05, 0.1) is 12.3 Å². The van der Waals surface area contributed by atoms with Crippen LogP contribution in [-0.2, 0) is 14.3 Å². The Hall–Kier alpha value is -1.14. The third-order valence-electron chi connectivity index (χ3n) is 3.94. The highest BCUT2D eigenvalue weighted by Crippen LogP contribution is 2.44. The average Bonchev–Trinajstić information content (AvgIpc) is 2.46. The Morgan fingerprint density at radius 2 is 2.27 bits per heavy atom. The summed E-state index contributed by atoms with van der Waals surface area (Å²) in [5, 5.41) is -0.368. The number of carbonyl (C=O) groups is 2. The Labute approximate surface area is 141 Å². The summed E-state index contributed by atoms with van der Waals surface area (Å²) in [4.78, 5) is 30.5. The van der Waals surface area contributed by atoms with E-state index in [1.54, 1.807) is 6.92 Å². The lowest BCUT2D eigenvalue weighted by molar-refractivity contribution is -0.153. The molecule has 1 saturated carbocycles. The standard InChI is InChI=1S/C16H16BrNO3S/c1-3-21-16(20)13-8(2)6-11-15(14(13)19)22-12-7-9(17)4-5-10(12)18-11/h4-5,7-8,13,15H,3,6H2,1-2H3. The van der Waals surface area contributed by atoms with Crippen molar-refractivity contribution in [1.29, 1.82) is 0 Å². The highest BCUT2D eigenvalue weighted by atomic mass is 79.9. The molecule has 3 rings (SSSR count). The second-order valence-electron chi connectivity index (χ2n) is 5.53. The molecule has 1 aromatic rings. The highest BCUT2D eigenvalue weighted by Gasteiger charge is 2.46. The van der Waals surface area contributed by atoms with E-state index < -0.39 is 11.9 Å². The molecule has 3 atom stereocenters. The Bertz CT molecular complexity index is 673. The van der Waals surface area contributed by atoms with Gasteiger partial charge < -0.3 is 4.74 Å². The summed E-state index contributed by atoms with van der Waals surface area (Å²) in [5.41, 5.74) is 1.77. The van der Waals surface area contributed by atoms with Crippen molar-refractivity contribution in [3.8, 4) is 0 Å².